The minimum absolute atomic E-state index is 0.0340. The molecule has 2 aromatic rings. The molecule has 1 aromatic heterocycles. The Hall–Kier alpha value is -2.43. The SMILES string of the molecule is O=C(c1ccncc1)N1CCC(Nc2ccccc2F)CC1. The number of anilines is 1. The summed E-state index contributed by atoms with van der Waals surface area (Å²) in [5.41, 5.74) is 1.19. The van der Waals surface area contributed by atoms with Crippen LogP contribution < -0.4 is 5.32 Å². The van der Waals surface area contributed by atoms with Crippen molar-refractivity contribution >= 4 is 11.6 Å². The van der Waals surface area contributed by atoms with Gasteiger partial charge in [0.1, 0.15) is 5.82 Å². The molecule has 3 rings (SSSR count). The lowest BCUT2D eigenvalue weighted by Crippen LogP contribution is -2.42. The van der Waals surface area contributed by atoms with Gasteiger partial charge in [0.25, 0.3) is 5.91 Å². The van der Waals surface area contributed by atoms with E-state index in [1.807, 2.05) is 11.0 Å². The van der Waals surface area contributed by atoms with Crippen molar-refractivity contribution in [3.8, 4) is 0 Å². The summed E-state index contributed by atoms with van der Waals surface area (Å²) in [5, 5.41) is 3.23. The lowest BCUT2D eigenvalue weighted by Gasteiger charge is -2.33. The first-order chi connectivity index (χ1) is 10.7. The predicted octanol–water partition coefficient (Wildman–Crippen LogP) is 2.94. The fraction of sp³-hybridized carbons (Fsp3) is 0.294. The van der Waals surface area contributed by atoms with Gasteiger partial charge in [0, 0.05) is 37.1 Å². The van der Waals surface area contributed by atoms with Crippen molar-refractivity contribution in [3.63, 3.8) is 0 Å². The van der Waals surface area contributed by atoms with E-state index < -0.39 is 0 Å². The smallest absolute Gasteiger partial charge is 0.253 e. The Bertz CT molecular complexity index is 639. The van der Waals surface area contributed by atoms with E-state index in [0.717, 1.165) is 12.8 Å². The lowest BCUT2D eigenvalue weighted by atomic mass is 10.0. The second kappa shape index (κ2) is 6.56. The summed E-state index contributed by atoms with van der Waals surface area (Å²) >= 11 is 0. The van der Waals surface area contributed by atoms with Gasteiger partial charge in [-0.05, 0) is 37.1 Å². The van der Waals surface area contributed by atoms with Crippen LogP contribution in [0.4, 0.5) is 10.1 Å². The number of piperidine rings is 1. The lowest BCUT2D eigenvalue weighted by molar-refractivity contribution is 0.0718. The molecule has 1 aliphatic heterocycles. The number of rotatable bonds is 3. The highest BCUT2D eigenvalue weighted by Crippen LogP contribution is 2.20. The second-order valence-corrected chi connectivity index (χ2v) is 5.43. The third-order valence-electron chi connectivity index (χ3n) is 3.94. The molecule has 1 aromatic carbocycles. The van der Waals surface area contributed by atoms with Crippen LogP contribution in [0.2, 0.25) is 0 Å². The molecule has 1 amide bonds. The normalized spacial score (nSPS) is 15.6. The van der Waals surface area contributed by atoms with Crippen LogP contribution in [0.5, 0.6) is 0 Å². The van der Waals surface area contributed by atoms with Crippen LogP contribution in [-0.4, -0.2) is 34.9 Å². The van der Waals surface area contributed by atoms with Crippen molar-refractivity contribution in [2.24, 2.45) is 0 Å². The molecule has 0 unspecified atom stereocenters. The number of carbonyl (C=O) groups is 1. The molecule has 0 atom stereocenters. The summed E-state index contributed by atoms with van der Waals surface area (Å²) < 4.78 is 13.6. The summed E-state index contributed by atoms with van der Waals surface area (Å²) in [6, 6.07) is 10.3. The predicted molar refractivity (Wildman–Crippen MR) is 83.2 cm³/mol. The fourth-order valence-corrected chi connectivity index (χ4v) is 2.70. The minimum Gasteiger partial charge on any atom is -0.380 e. The van der Waals surface area contributed by atoms with Gasteiger partial charge in [-0.2, -0.15) is 0 Å². The number of hydrogen-bond donors (Lipinski definition) is 1. The van der Waals surface area contributed by atoms with E-state index in [4.69, 9.17) is 0 Å². The first-order valence-electron chi connectivity index (χ1n) is 7.44. The van der Waals surface area contributed by atoms with Crippen LogP contribution >= 0.6 is 0 Å². The maximum atomic E-state index is 13.6. The Morgan fingerprint density at radius 1 is 1.14 bits per heavy atom. The molecule has 2 heterocycles. The molecule has 0 bridgehead atoms. The van der Waals surface area contributed by atoms with E-state index in [-0.39, 0.29) is 17.8 Å². The number of hydrogen-bond acceptors (Lipinski definition) is 3. The number of nitrogens with one attached hydrogen (secondary N) is 1. The average molecular weight is 299 g/mol. The van der Waals surface area contributed by atoms with Gasteiger partial charge in [0.15, 0.2) is 0 Å². The van der Waals surface area contributed by atoms with Crippen molar-refractivity contribution in [1.82, 2.24) is 9.88 Å². The first kappa shape index (κ1) is 14.5. The van der Waals surface area contributed by atoms with Gasteiger partial charge in [-0.1, -0.05) is 12.1 Å². The largest absolute Gasteiger partial charge is 0.380 e. The number of amides is 1. The topological polar surface area (TPSA) is 45.2 Å². The van der Waals surface area contributed by atoms with Gasteiger partial charge in [0.05, 0.1) is 5.69 Å². The Morgan fingerprint density at radius 3 is 2.50 bits per heavy atom. The van der Waals surface area contributed by atoms with Crippen LogP contribution in [0.15, 0.2) is 48.8 Å². The molecule has 114 valence electrons. The van der Waals surface area contributed by atoms with Gasteiger partial charge in [0.2, 0.25) is 0 Å². The molecule has 4 nitrogen and oxygen atoms in total. The van der Waals surface area contributed by atoms with Gasteiger partial charge in [-0.15, -0.1) is 0 Å². The number of halogens is 1. The van der Waals surface area contributed by atoms with Gasteiger partial charge < -0.3 is 10.2 Å². The summed E-state index contributed by atoms with van der Waals surface area (Å²) in [4.78, 5) is 18.1. The highest BCUT2D eigenvalue weighted by atomic mass is 19.1. The highest BCUT2D eigenvalue weighted by molar-refractivity contribution is 5.94. The standard InChI is InChI=1S/C17H18FN3O/c18-15-3-1-2-4-16(15)20-14-7-11-21(12-8-14)17(22)13-5-9-19-10-6-13/h1-6,9-10,14,20H,7-8,11-12H2. The second-order valence-electron chi connectivity index (χ2n) is 5.43. The average Bonchev–Trinajstić information content (AvgIpc) is 2.58. The molecule has 22 heavy (non-hydrogen) atoms. The van der Waals surface area contributed by atoms with Crippen molar-refractivity contribution in [1.29, 1.82) is 0 Å². The summed E-state index contributed by atoms with van der Waals surface area (Å²) in [7, 11) is 0. The number of carbonyl (C=O) groups excluding carboxylic acids is 1. The van der Waals surface area contributed by atoms with E-state index in [0.29, 0.717) is 24.3 Å². The van der Waals surface area contributed by atoms with Gasteiger partial charge in [-0.3, -0.25) is 9.78 Å². The van der Waals surface area contributed by atoms with Crippen molar-refractivity contribution in [2.45, 2.75) is 18.9 Å². The number of nitrogens with zero attached hydrogens (tertiary/aromatic N) is 2. The molecule has 5 heteroatoms. The van der Waals surface area contributed by atoms with E-state index in [1.54, 1.807) is 36.7 Å². The maximum Gasteiger partial charge on any atom is 0.253 e. The maximum absolute atomic E-state index is 13.6. The molecular weight excluding hydrogens is 281 g/mol. The summed E-state index contributed by atoms with van der Waals surface area (Å²) in [6.07, 6.45) is 4.87. The zero-order valence-electron chi connectivity index (χ0n) is 12.2. The quantitative estimate of drug-likeness (QED) is 0.948. The molecular formula is C17H18FN3O. The third-order valence-corrected chi connectivity index (χ3v) is 3.94. The van der Waals surface area contributed by atoms with E-state index in [1.165, 1.54) is 6.07 Å². The molecule has 1 saturated heterocycles. The molecule has 1 aliphatic rings. The summed E-state index contributed by atoms with van der Waals surface area (Å²) in [5.74, 6) is -0.204. The molecule has 1 N–H and O–H groups in total. The first-order valence-corrected chi connectivity index (χ1v) is 7.44. The number of para-hydroxylation sites is 1. The molecule has 1 fully saturated rings. The zero-order chi connectivity index (χ0) is 15.4. The molecule has 0 aliphatic carbocycles. The van der Waals surface area contributed by atoms with Gasteiger partial charge in [-0.25, -0.2) is 4.39 Å². The monoisotopic (exact) mass is 299 g/mol. The number of benzene rings is 1. The zero-order valence-corrected chi connectivity index (χ0v) is 12.2. The number of pyridine rings is 1. The molecule has 0 radical (unpaired) electrons. The molecule has 0 spiro atoms. The molecule has 0 saturated carbocycles. The number of likely N-dealkylation sites (tertiary alicyclic amines) is 1. The third kappa shape index (κ3) is 3.24. The van der Waals surface area contributed by atoms with Crippen molar-refractivity contribution in [3.05, 3.63) is 60.2 Å². The Labute approximate surface area is 129 Å². The van der Waals surface area contributed by atoms with Crippen molar-refractivity contribution < 1.29 is 9.18 Å². The summed E-state index contributed by atoms with van der Waals surface area (Å²) in [6.45, 7) is 1.35. The Morgan fingerprint density at radius 2 is 1.82 bits per heavy atom. The Kier molecular flexibility index (Phi) is 4.32. The minimum atomic E-state index is -0.238. The number of aromatic nitrogens is 1. The fourth-order valence-electron chi connectivity index (χ4n) is 2.70. The highest BCUT2D eigenvalue weighted by Gasteiger charge is 2.23. The van der Waals surface area contributed by atoms with Crippen LogP contribution in [0.3, 0.4) is 0 Å². The van der Waals surface area contributed by atoms with Gasteiger partial charge >= 0.3 is 0 Å². The van der Waals surface area contributed by atoms with Crippen LogP contribution in [0, 0.1) is 5.82 Å². The Balaban J connectivity index is 1.57. The van der Waals surface area contributed by atoms with E-state index in [2.05, 4.69) is 10.3 Å². The van der Waals surface area contributed by atoms with E-state index >= 15 is 0 Å². The van der Waals surface area contributed by atoms with E-state index in [9.17, 15) is 9.18 Å². The van der Waals surface area contributed by atoms with Crippen LogP contribution in [0.25, 0.3) is 0 Å². The van der Waals surface area contributed by atoms with Crippen LogP contribution in [-0.2, 0) is 0 Å². The van der Waals surface area contributed by atoms with Crippen molar-refractivity contribution in [2.75, 3.05) is 18.4 Å². The van der Waals surface area contributed by atoms with Crippen LogP contribution in [0.1, 0.15) is 23.2 Å².